The summed E-state index contributed by atoms with van der Waals surface area (Å²) in [7, 11) is -3.62. The van der Waals surface area contributed by atoms with E-state index >= 15 is 0 Å². The third-order valence-electron chi connectivity index (χ3n) is 2.54. The number of nitrogens with zero attached hydrogens (tertiary/aromatic N) is 2. The Kier molecular flexibility index (Phi) is 4.23. The second-order valence-electron chi connectivity index (χ2n) is 4.10. The molecule has 0 unspecified atom stereocenters. The number of nitrogen functional groups attached to an aromatic ring is 1. The Labute approximate surface area is 116 Å². The number of nitrogens with one attached hydrogen (secondary N) is 1. The highest BCUT2D eigenvalue weighted by atomic mass is 32.2. The zero-order chi connectivity index (χ0) is 13.9. The first-order valence-corrected chi connectivity index (χ1v) is 8.29. The first-order chi connectivity index (χ1) is 9.03. The van der Waals surface area contributed by atoms with Crippen molar-refractivity contribution in [2.45, 2.75) is 31.3 Å². The molecule has 3 N–H and O–H groups in total. The number of nitrogens with two attached hydrogens (primary N) is 1. The molecule has 0 spiro atoms. The maximum atomic E-state index is 12.1. The van der Waals surface area contributed by atoms with Gasteiger partial charge in [-0.05, 0) is 28.8 Å². The zero-order valence-corrected chi connectivity index (χ0v) is 12.2. The Bertz CT molecular complexity index is 632. The molecular formula is C11H16N4O2S2. The Morgan fingerprint density at radius 3 is 2.95 bits per heavy atom. The molecule has 2 rings (SSSR count). The third-order valence-corrected chi connectivity index (χ3v) is 4.69. The van der Waals surface area contributed by atoms with Crippen LogP contribution in [0.5, 0.6) is 0 Å². The van der Waals surface area contributed by atoms with Crippen LogP contribution in [0.4, 0.5) is 5.82 Å². The largest absolute Gasteiger partial charge is 0.381 e. The van der Waals surface area contributed by atoms with Gasteiger partial charge in [0.15, 0.2) is 5.82 Å². The van der Waals surface area contributed by atoms with Crippen LogP contribution in [0, 0.1) is 0 Å². The third kappa shape index (κ3) is 3.34. The van der Waals surface area contributed by atoms with Gasteiger partial charge in [0.25, 0.3) is 0 Å². The van der Waals surface area contributed by atoms with E-state index in [1.165, 1.54) is 17.5 Å². The SMILES string of the molecule is CCCn1cc(S(=O)(=O)NCc2ccsc2)c(N)n1. The van der Waals surface area contributed by atoms with Crippen molar-refractivity contribution in [3.05, 3.63) is 28.6 Å². The first kappa shape index (κ1) is 14.0. The molecule has 0 aromatic carbocycles. The van der Waals surface area contributed by atoms with Crippen molar-refractivity contribution in [1.82, 2.24) is 14.5 Å². The minimum absolute atomic E-state index is 0.0336. The van der Waals surface area contributed by atoms with Crippen LogP contribution in [0.3, 0.4) is 0 Å². The second-order valence-corrected chi connectivity index (χ2v) is 6.61. The number of aryl methyl sites for hydroxylation is 1. The molecule has 0 radical (unpaired) electrons. The summed E-state index contributed by atoms with van der Waals surface area (Å²) in [6, 6.07) is 1.87. The maximum absolute atomic E-state index is 12.1. The van der Waals surface area contributed by atoms with E-state index in [4.69, 9.17) is 5.73 Å². The summed E-state index contributed by atoms with van der Waals surface area (Å²) in [5, 5.41) is 7.78. The molecular weight excluding hydrogens is 284 g/mol. The van der Waals surface area contributed by atoms with Crippen LogP contribution in [0.1, 0.15) is 18.9 Å². The molecule has 0 aliphatic carbocycles. The lowest BCUT2D eigenvalue weighted by Crippen LogP contribution is -2.23. The number of sulfonamides is 1. The van der Waals surface area contributed by atoms with Gasteiger partial charge in [0.1, 0.15) is 4.90 Å². The molecule has 104 valence electrons. The summed E-state index contributed by atoms with van der Waals surface area (Å²) in [6.07, 6.45) is 2.33. The van der Waals surface area contributed by atoms with E-state index < -0.39 is 10.0 Å². The lowest BCUT2D eigenvalue weighted by atomic mass is 10.4. The van der Waals surface area contributed by atoms with Crippen LogP contribution in [0.15, 0.2) is 27.9 Å². The van der Waals surface area contributed by atoms with E-state index in [1.807, 2.05) is 23.8 Å². The number of rotatable bonds is 6. The Morgan fingerprint density at radius 1 is 1.53 bits per heavy atom. The summed E-state index contributed by atoms with van der Waals surface area (Å²) in [5.74, 6) is 0.0336. The van der Waals surface area contributed by atoms with Gasteiger partial charge in [-0.1, -0.05) is 6.92 Å². The molecule has 19 heavy (non-hydrogen) atoms. The summed E-state index contributed by atoms with van der Waals surface area (Å²) in [6.45, 7) is 2.88. The van der Waals surface area contributed by atoms with Crippen molar-refractivity contribution in [1.29, 1.82) is 0 Å². The average Bonchev–Trinajstić information content (AvgIpc) is 2.97. The predicted molar refractivity (Wildman–Crippen MR) is 75.3 cm³/mol. The van der Waals surface area contributed by atoms with Crippen molar-refractivity contribution in [2.24, 2.45) is 0 Å². The van der Waals surface area contributed by atoms with Crippen molar-refractivity contribution in [3.63, 3.8) is 0 Å². The van der Waals surface area contributed by atoms with Gasteiger partial charge in [0.2, 0.25) is 10.0 Å². The predicted octanol–water partition coefficient (Wildman–Crippen LogP) is 1.42. The number of thiophene rings is 1. The highest BCUT2D eigenvalue weighted by Crippen LogP contribution is 2.17. The van der Waals surface area contributed by atoms with Crippen LogP contribution in [0.25, 0.3) is 0 Å². The molecule has 0 aliphatic heterocycles. The van der Waals surface area contributed by atoms with Crippen LogP contribution in [0.2, 0.25) is 0 Å². The van der Waals surface area contributed by atoms with E-state index in [0.717, 1.165) is 12.0 Å². The topological polar surface area (TPSA) is 90.0 Å². The van der Waals surface area contributed by atoms with E-state index in [-0.39, 0.29) is 17.3 Å². The van der Waals surface area contributed by atoms with Gasteiger partial charge >= 0.3 is 0 Å². The molecule has 0 bridgehead atoms. The summed E-state index contributed by atoms with van der Waals surface area (Å²) in [5.41, 5.74) is 6.58. The Balaban J connectivity index is 2.14. The lowest BCUT2D eigenvalue weighted by molar-refractivity contribution is 0.579. The number of aromatic nitrogens is 2. The van der Waals surface area contributed by atoms with Crippen molar-refractivity contribution < 1.29 is 8.42 Å². The fraction of sp³-hybridized carbons (Fsp3) is 0.364. The van der Waals surface area contributed by atoms with E-state index in [0.29, 0.717) is 6.54 Å². The summed E-state index contributed by atoms with van der Waals surface area (Å²) < 4.78 is 28.3. The van der Waals surface area contributed by atoms with Crippen LogP contribution in [-0.4, -0.2) is 18.2 Å². The van der Waals surface area contributed by atoms with Crippen LogP contribution in [-0.2, 0) is 23.1 Å². The molecule has 2 aromatic rings. The molecule has 6 nitrogen and oxygen atoms in total. The lowest BCUT2D eigenvalue weighted by Gasteiger charge is -2.03. The second kappa shape index (κ2) is 5.72. The van der Waals surface area contributed by atoms with Gasteiger partial charge in [0, 0.05) is 19.3 Å². The van der Waals surface area contributed by atoms with Gasteiger partial charge in [-0.3, -0.25) is 4.68 Å². The first-order valence-electron chi connectivity index (χ1n) is 5.86. The minimum Gasteiger partial charge on any atom is -0.381 e. The highest BCUT2D eigenvalue weighted by molar-refractivity contribution is 7.89. The summed E-state index contributed by atoms with van der Waals surface area (Å²) >= 11 is 1.52. The van der Waals surface area contributed by atoms with E-state index in [9.17, 15) is 8.42 Å². The normalized spacial score (nSPS) is 11.8. The van der Waals surface area contributed by atoms with Crippen molar-refractivity contribution in [2.75, 3.05) is 5.73 Å². The standard InChI is InChI=1S/C11H16N4O2S2/c1-2-4-15-7-10(11(12)14-15)19(16,17)13-6-9-3-5-18-8-9/h3,5,7-8,13H,2,4,6H2,1H3,(H2,12,14). The van der Waals surface area contributed by atoms with Crippen LogP contribution >= 0.6 is 11.3 Å². The van der Waals surface area contributed by atoms with Gasteiger partial charge in [0.05, 0.1) is 0 Å². The maximum Gasteiger partial charge on any atom is 0.246 e. The number of hydrogen-bond donors (Lipinski definition) is 2. The van der Waals surface area contributed by atoms with Gasteiger partial charge in [-0.25, -0.2) is 13.1 Å². The fourth-order valence-electron chi connectivity index (χ4n) is 1.62. The van der Waals surface area contributed by atoms with Crippen molar-refractivity contribution >= 4 is 27.2 Å². The molecule has 0 fully saturated rings. The fourth-order valence-corrected chi connectivity index (χ4v) is 3.38. The summed E-state index contributed by atoms with van der Waals surface area (Å²) in [4.78, 5) is 0.0381. The molecule has 0 saturated carbocycles. The molecule has 2 aromatic heterocycles. The quantitative estimate of drug-likeness (QED) is 0.844. The van der Waals surface area contributed by atoms with Gasteiger partial charge in [-0.15, -0.1) is 0 Å². The van der Waals surface area contributed by atoms with Crippen molar-refractivity contribution in [3.8, 4) is 0 Å². The minimum atomic E-state index is -3.62. The Hall–Kier alpha value is -1.38. The molecule has 0 aliphatic rings. The number of anilines is 1. The van der Waals surface area contributed by atoms with Crippen LogP contribution < -0.4 is 10.5 Å². The van der Waals surface area contributed by atoms with E-state index in [2.05, 4.69) is 9.82 Å². The molecule has 0 amide bonds. The average molecular weight is 300 g/mol. The van der Waals surface area contributed by atoms with Gasteiger partial charge < -0.3 is 5.73 Å². The zero-order valence-electron chi connectivity index (χ0n) is 10.5. The molecule has 0 atom stereocenters. The Morgan fingerprint density at radius 2 is 2.32 bits per heavy atom. The molecule has 8 heteroatoms. The number of hydrogen-bond acceptors (Lipinski definition) is 5. The monoisotopic (exact) mass is 300 g/mol. The molecule has 0 saturated heterocycles. The highest BCUT2D eigenvalue weighted by Gasteiger charge is 2.20. The molecule has 2 heterocycles. The van der Waals surface area contributed by atoms with E-state index in [1.54, 1.807) is 4.68 Å². The van der Waals surface area contributed by atoms with Gasteiger partial charge in [-0.2, -0.15) is 16.4 Å². The smallest absolute Gasteiger partial charge is 0.246 e.